The average Bonchev–Trinajstić information content (AvgIpc) is 2.36. The zero-order valence-corrected chi connectivity index (χ0v) is 11.0. The Labute approximate surface area is 108 Å². The van der Waals surface area contributed by atoms with Crippen LogP contribution in [0.2, 0.25) is 0 Å². The SMILES string of the molecule is CCCN(C(C)=O)C(=O)NCCc1ccccc1. The van der Waals surface area contributed by atoms with Crippen molar-refractivity contribution in [3.05, 3.63) is 35.9 Å². The van der Waals surface area contributed by atoms with E-state index in [0.717, 1.165) is 12.8 Å². The van der Waals surface area contributed by atoms with Gasteiger partial charge in [0.1, 0.15) is 0 Å². The Morgan fingerprint density at radius 1 is 1.22 bits per heavy atom. The third-order valence-corrected chi connectivity index (χ3v) is 2.61. The first-order valence-corrected chi connectivity index (χ1v) is 6.25. The van der Waals surface area contributed by atoms with Crippen LogP contribution in [0.4, 0.5) is 4.79 Å². The highest BCUT2D eigenvalue weighted by Crippen LogP contribution is 1.99. The molecule has 1 N–H and O–H groups in total. The van der Waals surface area contributed by atoms with Gasteiger partial charge in [0, 0.05) is 20.0 Å². The largest absolute Gasteiger partial charge is 0.337 e. The molecule has 98 valence electrons. The molecule has 1 rings (SSSR count). The molecule has 1 aromatic carbocycles. The van der Waals surface area contributed by atoms with Gasteiger partial charge in [-0.15, -0.1) is 0 Å². The summed E-state index contributed by atoms with van der Waals surface area (Å²) in [5, 5.41) is 2.76. The Morgan fingerprint density at radius 3 is 2.44 bits per heavy atom. The van der Waals surface area contributed by atoms with Crippen molar-refractivity contribution in [2.75, 3.05) is 13.1 Å². The summed E-state index contributed by atoms with van der Waals surface area (Å²) in [6.45, 7) is 4.35. The second-order valence-electron chi connectivity index (χ2n) is 4.14. The first kappa shape index (κ1) is 14.2. The fourth-order valence-electron chi connectivity index (χ4n) is 1.68. The number of nitrogens with zero attached hydrogens (tertiary/aromatic N) is 1. The van der Waals surface area contributed by atoms with E-state index in [2.05, 4.69) is 5.32 Å². The molecular formula is C14H20N2O2. The number of carbonyl (C=O) groups is 2. The lowest BCUT2D eigenvalue weighted by molar-refractivity contribution is -0.126. The van der Waals surface area contributed by atoms with Gasteiger partial charge in [0.2, 0.25) is 5.91 Å². The molecule has 0 radical (unpaired) electrons. The van der Waals surface area contributed by atoms with Crippen LogP contribution in [0, 0.1) is 0 Å². The van der Waals surface area contributed by atoms with Crippen LogP contribution in [-0.4, -0.2) is 29.9 Å². The van der Waals surface area contributed by atoms with Crippen molar-refractivity contribution in [1.82, 2.24) is 10.2 Å². The molecular weight excluding hydrogens is 228 g/mol. The minimum absolute atomic E-state index is 0.214. The van der Waals surface area contributed by atoms with Crippen molar-refractivity contribution in [2.24, 2.45) is 0 Å². The van der Waals surface area contributed by atoms with Gasteiger partial charge in [-0.1, -0.05) is 37.3 Å². The Morgan fingerprint density at radius 2 is 1.89 bits per heavy atom. The molecule has 0 unspecified atom stereocenters. The number of rotatable bonds is 5. The van der Waals surface area contributed by atoms with E-state index < -0.39 is 0 Å². The second kappa shape index (κ2) is 7.48. The van der Waals surface area contributed by atoms with E-state index in [0.29, 0.717) is 13.1 Å². The maximum atomic E-state index is 11.8. The van der Waals surface area contributed by atoms with E-state index in [1.165, 1.54) is 17.4 Å². The van der Waals surface area contributed by atoms with E-state index in [9.17, 15) is 9.59 Å². The molecule has 0 aromatic heterocycles. The second-order valence-corrected chi connectivity index (χ2v) is 4.14. The van der Waals surface area contributed by atoms with Crippen LogP contribution >= 0.6 is 0 Å². The Hall–Kier alpha value is -1.84. The molecule has 0 saturated heterocycles. The number of benzene rings is 1. The summed E-state index contributed by atoms with van der Waals surface area (Å²) in [7, 11) is 0. The average molecular weight is 248 g/mol. The van der Waals surface area contributed by atoms with Crippen LogP contribution in [0.15, 0.2) is 30.3 Å². The highest BCUT2D eigenvalue weighted by Gasteiger charge is 2.15. The van der Waals surface area contributed by atoms with Gasteiger partial charge in [0.25, 0.3) is 0 Å². The normalized spacial score (nSPS) is 9.89. The molecule has 18 heavy (non-hydrogen) atoms. The predicted octanol–water partition coefficient (Wildman–Crippen LogP) is 2.20. The third-order valence-electron chi connectivity index (χ3n) is 2.61. The van der Waals surface area contributed by atoms with Gasteiger partial charge < -0.3 is 5.32 Å². The fourth-order valence-corrected chi connectivity index (χ4v) is 1.68. The lowest BCUT2D eigenvalue weighted by atomic mass is 10.1. The van der Waals surface area contributed by atoms with Crippen molar-refractivity contribution in [2.45, 2.75) is 26.7 Å². The molecule has 4 nitrogen and oxygen atoms in total. The first-order valence-electron chi connectivity index (χ1n) is 6.25. The molecule has 1 aromatic rings. The van der Waals surface area contributed by atoms with Gasteiger partial charge in [-0.2, -0.15) is 0 Å². The third kappa shape index (κ3) is 4.57. The zero-order chi connectivity index (χ0) is 13.4. The zero-order valence-electron chi connectivity index (χ0n) is 11.0. The number of amides is 3. The minimum atomic E-state index is -0.305. The molecule has 0 aliphatic carbocycles. The molecule has 0 bridgehead atoms. The number of carbonyl (C=O) groups excluding carboxylic acids is 2. The minimum Gasteiger partial charge on any atom is -0.337 e. The van der Waals surface area contributed by atoms with Crippen molar-refractivity contribution >= 4 is 11.9 Å². The highest BCUT2D eigenvalue weighted by atomic mass is 16.2. The molecule has 0 aliphatic rings. The van der Waals surface area contributed by atoms with E-state index >= 15 is 0 Å². The number of imide groups is 1. The van der Waals surface area contributed by atoms with E-state index in [4.69, 9.17) is 0 Å². The van der Waals surface area contributed by atoms with Crippen molar-refractivity contribution in [1.29, 1.82) is 0 Å². The summed E-state index contributed by atoms with van der Waals surface area (Å²) in [5.74, 6) is -0.214. The van der Waals surface area contributed by atoms with Crippen LogP contribution < -0.4 is 5.32 Å². The quantitative estimate of drug-likeness (QED) is 0.868. The van der Waals surface area contributed by atoms with Gasteiger partial charge in [0.15, 0.2) is 0 Å². The molecule has 0 fully saturated rings. The summed E-state index contributed by atoms with van der Waals surface area (Å²) in [6.07, 6.45) is 1.54. The molecule has 0 saturated carbocycles. The maximum absolute atomic E-state index is 11.8. The molecule has 0 atom stereocenters. The Balaban J connectivity index is 2.38. The summed E-state index contributed by atoms with van der Waals surface area (Å²) in [5.41, 5.74) is 1.17. The van der Waals surface area contributed by atoms with Gasteiger partial charge in [-0.3, -0.25) is 9.69 Å². The monoisotopic (exact) mass is 248 g/mol. The maximum Gasteiger partial charge on any atom is 0.324 e. The van der Waals surface area contributed by atoms with Gasteiger partial charge in [0.05, 0.1) is 0 Å². The summed E-state index contributed by atoms with van der Waals surface area (Å²) in [4.78, 5) is 24.3. The van der Waals surface area contributed by atoms with Gasteiger partial charge in [-0.05, 0) is 18.4 Å². The van der Waals surface area contributed by atoms with E-state index in [1.54, 1.807) is 0 Å². The van der Waals surface area contributed by atoms with E-state index in [-0.39, 0.29) is 11.9 Å². The number of nitrogens with one attached hydrogen (secondary N) is 1. The fraction of sp³-hybridized carbons (Fsp3) is 0.429. The standard InChI is InChI=1S/C14H20N2O2/c1-3-11-16(12(2)17)14(18)15-10-9-13-7-5-4-6-8-13/h4-8H,3,9-11H2,1-2H3,(H,15,18). The van der Waals surface area contributed by atoms with Gasteiger partial charge >= 0.3 is 6.03 Å². The van der Waals surface area contributed by atoms with Crippen LogP contribution in [0.25, 0.3) is 0 Å². The summed E-state index contributed by atoms with van der Waals surface area (Å²) in [6, 6.07) is 9.62. The summed E-state index contributed by atoms with van der Waals surface area (Å²) >= 11 is 0. The smallest absolute Gasteiger partial charge is 0.324 e. The Kier molecular flexibility index (Phi) is 5.91. The summed E-state index contributed by atoms with van der Waals surface area (Å²) < 4.78 is 0. The number of urea groups is 1. The molecule has 4 heteroatoms. The molecule has 3 amide bonds. The first-order chi connectivity index (χ1) is 8.65. The van der Waals surface area contributed by atoms with Crippen LogP contribution in [0.1, 0.15) is 25.8 Å². The van der Waals surface area contributed by atoms with Crippen LogP contribution in [0.3, 0.4) is 0 Å². The van der Waals surface area contributed by atoms with E-state index in [1.807, 2.05) is 37.3 Å². The number of hydrogen-bond acceptors (Lipinski definition) is 2. The number of hydrogen-bond donors (Lipinski definition) is 1. The highest BCUT2D eigenvalue weighted by molar-refractivity contribution is 5.93. The molecule has 0 heterocycles. The lowest BCUT2D eigenvalue weighted by Gasteiger charge is -2.18. The molecule has 0 aliphatic heterocycles. The van der Waals surface area contributed by atoms with Crippen molar-refractivity contribution < 1.29 is 9.59 Å². The Bertz CT molecular complexity index is 390. The lowest BCUT2D eigenvalue weighted by Crippen LogP contribution is -2.43. The molecule has 0 spiro atoms. The van der Waals surface area contributed by atoms with Crippen LogP contribution in [-0.2, 0) is 11.2 Å². The van der Waals surface area contributed by atoms with Gasteiger partial charge in [-0.25, -0.2) is 4.79 Å². The van der Waals surface area contributed by atoms with Crippen LogP contribution in [0.5, 0.6) is 0 Å². The van der Waals surface area contributed by atoms with Crippen molar-refractivity contribution in [3.8, 4) is 0 Å². The predicted molar refractivity (Wildman–Crippen MR) is 71.2 cm³/mol. The topological polar surface area (TPSA) is 49.4 Å². The van der Waals surface area contributed by atoms with Crippen molar-refractivity contribution in [3.63, 3.8) is 0 Å².